The fourth-order valence-corrected chi connectivity index (χ4v) is 5.26. The minimum Gasteiger partial charge on any atom is -0.505 e. The lowest BCUT2D eigenvalue weighted by atomic mass is 10.0. The number of rotatable bonds is 7. The van der Waals surface area contributed by atoms with E-state index in [2.05, 4.69) is 15.5 Å². The number of nitrogens with zero attached hydrogens (tertiary/aromatic N) is 2. The number of nitrogens with one attached hydrogen (secondary N) is 1. The van der Waals surface area contributed by atoms with Crippen LogP contribution in [0.2, 0.25) is 10.0 Å². The van der Waals surface area contributed by atoms with Crippen LogP contribution < -0.4 is 10.1 Å². The van der Waals surface area contributed by atoms with E-state index in [-0.39, 0.29) is 43.9 Å². The van der Waals surface area contributed by atoms with E-state index in [9.17, 15) is 22.9 Å². The number of carbonyl (C=O) groups is 1. The summed E-state index contributed by atoms with van der Waals surface area (Å²) in [7, 11) is -3.00. The summed E-state index contributed by atoms with van der Waals surface area (Å²) in [4.78, 5) is 12.8. The number of methoxy groups -OCH3 is 1. The van der Waals surface area contributed by atoms with Crippen LogP contribution >= 0.6 is 23.2 Å². The highest BCUT2D eigenvalue weighted by molar-refractivity contribution is 7.85. The number of carbonyl (C=O) groups excluding carboxylic acids is 1. The highest BCUT2D eigenvalue weighted by Gasteiger charge is 2.21. The van der Waals surface area contributed by atoms with E-state index in [0.29, 0.717) is 22.2 Å². The standard InChI is InChI=1S/C26H21Cl2N3O6S/c1-3-16-22(38(34,35)36)11-10-21(23(16)28)30-31-24-17-7-5-4-6-14(17)12-18(25(24)32)26(33)29-20-9-8-15(37-2)13-19(20)27/h4-13,32H,3H2,1-2H3,(H,29,33)(H,34,35,36). The van der Waals surface area contributed by atoms with E-state index < -0.39 is 21.8 Å². The molecule has 0 bridgehead atoms. The predicted octanol–water partition coefficient (Wildman–Crippen LogP) is 7.34. The highest BCUT2D eigenvalue weighted by atomic mass is 35.5. The van der Waals surface area contributed by atoms with Crippen molar-refractivity contribution >= 4 is 67.1 Å². The van der Waals surface area contributed by atoms with Gasteiger partial charge in [-0.15, -0.1) is 10.2 Å². The topological polar surface area (TPSA) is 138 Å². The average Bonchev–Trinajstić information content (AvgIpc) is 2.88. The molecule has 0 fully saturated rings. The molecule has 3 N–H and O–H groups in total. The fraction of sp³-hybridized carbons (Fsp3) is 0.115. The Hall–Kier alpha value is -3.70. The van der Waals surface area contributed by atoms with Crippen molar-refractivity contribution in [3.63, 3.8) is 0 Å². The summed E-state index contributed by atoms with van der Waals surface area (Å²) in [5.74, 6) is -0.560. The second-order valence-electron chi connectivity index (χ2n) is 8.05. The Labute approximate surface area is 228 Å². The maximum Gasteiger partial charge on any atom is 0.294 e. The Bertz CT molecular complexity index is 1710. The molecule has 1 amide bonds. The summed E-state index contributed by atoms with van der Waals surface area (Å²) in [6, 6.07) is 15.7. The summed E-state index contributed by atoms with van der Waals surface area (Å²) in [6.07, 6.45) is 0.203. The second kappa shape index (κ2) is 11.0. The summed E-state index contributed by atoms with van der Waals surface area (Å²) in [5, 5.41) is 23.4. The Morgan fingerprint density at radius 3 is 2.45 bits per heavy atom. The van der Waals surface area contributed by atoms with Gasteiger partial charge >= 0.3 is 0 Å². The van der Waals surface area contributed by atoms with Crippen LogP contribution in [-0.2, 0) is 16.5 Å². The Morgan fingerprint density at radius 2 is 1.79 bits per heavy atom. The van der Waals surface area contributed by atoms with Gasteiger partial charge in [-0.2, -0.15) is 8.42 Å². The highest BCUT2D eigenvalue weighted by Crippen LogP contribution is 2.41. The Morgan fingerprint density at radius 1 is 1.05 bits per heavy atom. The molecule has 0 aliphatic carbocycles. The average molecular weight is 574 g/mol. The molecule has 0 spiro atoms. The number of ether oxygens (including phenoxy) is 1. The van der Waals surface area contributed by atoms with E-state index in [1.165, 1.54) is 25.3 Å². The molecule has 4 rings (SSSR count). The third kappa shape index (κ3) is 5.44. The number of azo groups is 1. The van der Waals surface area contributed by atoms with Crippen LogP contribution in [-0.4, -0.2) is 31.1 Å². The van der Waals surface area contributed by atoms with Gasteiger partial charge in [0.1, 0.15) is 17.1 Å². The first-order valence-corrected chi connectivity index (χ1v) is 13.3. The molecule has 196 valence electrons. The normalized spacial score (nSPS) is 11.7. The lowest BCUT2D eigenvalue weighted by molar-refractivity contribution is 0.102. The van der Waals surface area contributed by atoms with Gasteiger partial charge in [0.2, 0.25) is 0 Å². The molecule has 0 heterocycles. The maximum absolute atomic E-state index is 13.1. The number of phenols is 1. The van der Waals surface area contributed by atoms with Crippen molar-refractivity contribution in [3.8, 4) is 11.5 Å². The third-order valence-electron chi connectivity index (χ3n) is 5.73. The third-order valence-corrected chi connectivity index (χ3v) is 7.41. The van der Waals surface area contributed by atoms with Gasteiger partial charge in [-0.3, -0.25) is 9.35 Å². The maximum atomic E-state index is 13.1. The zero-order chi connectivity index (χ0) is 27.6. The molecule has 0 atom stereocenters. The first kappa shape index (κ1) is 27.3. The molecule has 0 aliphatic heterocycles. The van der Waals surface area contributed by atoms with Gasteiger partial charge in [-0.1, -0.05) is 54.4 Å². The van der Waals surface area contributed by atoms with Gasteiger partial charge < -0.3 is 15.2 Å². The molecule has 0 saturated heterocycles. The van der Waals surface area contributed by atoms with Crippen LogP contribution in [0.5, 0.6) is 11.5 Å². The first-order chi connectivity index (χ1) is 18.0. The van der Waals surface area contributed by atoms with Crippen molar-refractivity contribution in [3.05, 3.63) is 81.8 Å². The molecule has 0 aliphatic rings. The van der Waals surface area contributed by atoms with Crippen molar-refractivity contribution in [2.24, 2.45) is 10.2 Å². The van der Waals surface area contributed by atoms with Crippen molar-refractivity contribution in [2.75, 3.05) is 12.4 Å². The molecule has 9 nitrogen and oxygen atoms in total. The van der Waals surface area contributed by atoms with Gasteiger partial charge in [0.25, 0.3) is 16.0 Å². The summed E-state index contributed by atoms with van der Waals surface area (Å²) >= 11 is 12.6. The molecular weight excluding hydrogens is 553 g/mol. The number of phenolic OH excluding ortho intramolecular Hbond substituents is 1. The lowest BCUT2D eigenvalue weighted by Crippen LogP contribution is -2.12. The zero-order valence-corrected chi connectivity index (χ0v) is 22.4. The largest absolute Gasteiger partial charge is 0.505 e. The van der Waals surface area contributed by atoms with Crippen molar-refractivity contribution < 1.29 is 27.6 Å². The first-order valence-electron chi connectivity index (χ1n) is 11.1. The molecule has 38 heavy (non-hydrogen) atoms. The number of hydrogen-bond donors (Lipinski definition) is 3. The number of anilines is 1. The minimum absolute atomic E-state index is 0.00190. The van der Waals surface area contributed by atoms with Crippen molar-refractivity contribution in [1.29, 1.82) is 0 Å². The Kier molecular flexibility index (Phi) is 7.89. The minimum atomic E-state index is -4.49. The van der Waals surface area contributed by atoms with E-state index in [1.54, 1.807) is 49.4 Å². The number of hydrogen-bond acceptors (Lipinski definition) is 7. The number of fused-ring (bicyclic) bond motifs is 1. The fourth-order valence-electron chi connectivity index (χ4n) is 3.85. The van der Waals surface area contributed by atoms with Crippen LogP contribution in [0.3, 0.4) is 0 Å². The van der Waals surface area contributed by atoms with Crippen LogP contribution in [0.1, 0.15) is 22.8 Å². The van der Waals surface area contributed by atoms with Gasteiger partial charge in [0.05, 0.1) is 33.3 Å². The van der Waals surface area contributed by atoms with Gasteiger partial charge in [-0.25, -0.2) is 0 Å². The quantitative estimate of drug-likeness (QED) is 0.156. The van der Waals surface area contributed by atoms with Crippen molar-refractivity contribution in [2.45, 2.75) is 18.2 Å². The number of benzene rings is 4. The van der Waals surface area contributed by atoms with E-state index in [1.807, 2.05) is 0 Å². The number of halogens is 2. The SMILES string of the molecule is CCc1c(S(=O)(=O)O)ccc(N=Nc2c(O)c(C(=O)Nc3ccc(OC)cc3Cl)cc3ccccc23)c1Cl. The lowest BCUT2D eigenvalue weighted by Gasteiger charge is -2.13. The molecule has 0 aromatic heterocycles. The molecule has 4 aromatic carbocycles. The molecule has 4 aromatic rings. The van der Waals surface area contributed by atoms with Crippen molar-refractivity contribution in [1.82, 2.24) is 0 Å². The summed E-state index contributed by atoms with van der Waals surface area (Å²) in [5.41, 5.74) is 0.517. The molecule has 0 unspecified atom stereocenters. The van der Waals surface area contributed by atoms with Gasteiger partial charge in [0, 0.05) is 11.5 Å². The predicted molar refractivity (Wildman–Crippen MR) is 146 cm³/mol. The van der Waals surface area contributed by atoms with Crippen LogP contribution in [0.25, 0.3) is 10.8 Å². The molecule has 0 saturated carbocycles. The number of aromatic hydroxyl groups is 1. The second-order valence-corrected chi connectivity index (χ2v) is 10.2. The van der Waals surface area contributed by atoms with Crippen LogP contribution in [0.4, 0.5) is 17.1 Å². The monoisotopic (exact) mass is 573 g/mol. The van der Waals surface area contributed by atoms with Crippen LogP contribution in [0, 0.1) is 0 Å². The Balaban J connectivity index is 1.79. The van der Waals surface area contributed by atoms with E-state index >= 15 is 0 Å². The van der Waals surface area contributed by atoms with Crippen LogP contribution in [0.15, 0.2) is 75.8 Å². The van der Waals surface area contributed by atoms with Gasteiger partial charge in [-0.05, 0) is 47.7 Å². The zero-order valence-electron chi connectivity index (χ0n) is 20.1. The molecule has 0 radical (unpaired) electrons. The number of amides is 1. The smallest absolute Gasteiger partial charge is 0.294 e. The molecular formula is C26H21Cl2N3O6S. The van der Waals surface area contributed by atoms with E-state index in [4.69, 9.17) is 27.9 Å². The van der Waals surface area contributed by atoms with E-state index in [0.717, 1.165) is 0 Å². The summed E-state index contributed by atoms with van der Waals surface area (Å²) < 4.78 is 38.0. The van der Waals surface area contributed by atoms with Gasteiger partial charge in [0.15, 0.2) is 5.75 Å². The molecule has 12 heteroatoms. The summed E-state index contributed by atoms with van der Waals surface area (Å²) in [6.45, 7) is 1.67.